The molecule has 1 aliphatic rings. The summed E-state index contributed by atoms with van der Waals surface area (Å²) < 4.78 is 0. The molecule has 36 nitrogen and oxygen atoms in total. The van der Waals surface area contributed by atoms with Crippen LogP contribution in [-0.2, 0) is 97.6 Å². The van der Waals surface area contributed by atoms with Gasteiger partial charge in [-0.15, -0.1) is 0 Å². The fourth-order valence-corrected chi connectivity index (χ4v) is 12.1. The number of amides is 12. The first kappa shape index (κ1) is 86.0. The first-order valence-corrected chi connectivity index (χ1v) is 35.8. The maximum atomic E-state index is 14.5. The van der Waals surface area contributed by atoms with E-state index >= 15 is 0 Å². The topological polar surface area (TPSA) is 563 Å². The number of aliphatic hydroxyl groups is 2. The van der Waals surface area contributed by atoms with Crippen molar-refractivity contribution < 1.29 is 97.5 Å². The first-order valence-electron chi connectivity index (χ1n) is 34.5. The molecule has 0 spiro atoms. The normalized spacial score (nSPS) is 15.9. The monoisotopic (exact) mass is 1540 g/mol. The number of aromatic nitrogens is 3. The van der Waals surface area contributed by atoms with Gasteiger partial charge in [-0.3, -0.25) is 67.1 Å². The van der Waals surface area contributed by atoms with E-state index in [-0.39, 0.29) is 56.7 Å². The molecule has 5 aromatic rings. The SMILES string of the molecule is CC(C)C[C@H](NC(=O)CNC(=O)[C@@H](NC(=O)[C@H](CS)NC(=O)[C@H](CO)NC(=O)[C@H](CS)NC(=O)[C@H](CCC(=O)O)NC(=O)[C@H](Cc1ccccc1)NC(=O)[C@H](Cc1cnc[nH]1)NC(=O)[C@H](CC(=O)O)NC(=O)[C@@H](N)Cc1c[nH]c2ccccc12)[C@@H](C)O)C(=O)N1CCC[C@H]1C(=O)N[C@@H](Cc1ccccc1)C(=O)O. The molecule has 12 amide bonds. The number of rotatable bonds is 43. The van der Waals surface area contributed by atoms with Gasteiger partial charge in [-0.1, -0.05) is 92.7 Å². The molecule has 0 unspecified atom stereocenters. The molecule has 1 fully saturated rings. The van der Waals surface area contributed by atoms with Gasteiger partial charge in [0.25, 0.3) is 0 Å². The summed E-state index contributed by atoms with van der Waals surface area (Å²) in [6.45, 7) is 2.84. The minimum atomic E-state index is -1.90. The molecule has 1 aliphatic heterocycles. The van der Waals surface area contributed by atoms with Crippen molar-refractivity contribution in [2.24, 2.45) is 11.7 Å². The third-order valence-electron chi connectivity index (χ3n) is 17.3. The number of hydrogen-bond acceptors (Lipinski definition) is 21. The fourth-order valence-electron chi connectivity index (χ4n) is 11.6. The highest BCUT2D eigenvalue weighted by Gasteiger charge is 2.41. The Labute approximate surface area is 630 Å². The Bertz CT molecular complexity index is 3970. The molecule has 108 heavy (non-hydrogen) atoms. The van der Waals surface area contributed by atoms with Crippen molar-refractivity contribution in [2.75, 3.05) is 31.2 Å². The molecule has 13 atom stereocenters. The molecule has 2 aromatic heterocycles. The maximum Gasteiger partial charge on any atom is 0.326 e. The van der Waals surface area contributed by atoms with Crippen LogP contribution in [-0.4, -0.2) is 244 Å². The third-order valence-corrected chi connectivity index (χ3v) is 18.0. The van der Waals surface area contributed by atoms with Crippen LogP contribution in [0.2, 0.25) is 0 Å². The predicted molar refractivity (Wildman–Crippen MR) is 392 cm³/mol. The number of aromatic amines is 2. The van der Waals surface area contributed by atoms with Gasteiger partial charge < -0.3 is 105 Å². The first-order chi connectivity index (χ1) is 51.4. The number of likely N-dealkylation sites (tertiary alicyclic amines) is 1. The number of carbonyl (C=O) groups is 15. The van der Waals surface area contributed by atoms with Crippen molar-refractivity contribution in [1.82, 2.24) is 78.3 Å². The molecule has 38 heteroatoms. The lowest BCUT2D eigenvalue weighted by Crippen LogP contribution is -2.62. The number of benzene rings is 3. The summed E-state index contributed by atoms with van der Waals surface area (Å²) in [7, 11) is 0. The summed E-state index contributed by atoms with van der Waals surface area (Å²) >= 11 is 8.30. The largest absolute Gasteiger partial charge is 0.481 e. The van der Waals surface area contributed by atoms with E-state index in [4.69, 9.17) is 5.73 Å². The Morgan fingerprint density at radius 2 is 1.08 bits per heavy atom. The van der Waals surface area contributed by atoms with E-state index in [1.807, 2.05) is 6.07 Å². The number of nitrogens with one attached hydrogen (secondary N) is 13. The van der Waals surface area contributed by atoms with Crippen molar-refractivity contribution in [2.45, 2.75) is 164 Å². The quantitative estimate of drug-likeness (QED) is 0.0166. The summed E-state index contributed by atoms with van der Waals surface area (Å²) in [6, 6.07) is 5.00. The van der Waals surface area contributed by atoms with Gasteiger partial charge in [0, 0.05) is 72.7 Å². The highest BCUT2D eigenvalue weighted by molar-refractivity contribution is 7.80. The van der Waals surface area contributed by atoms with Crippen molar-refractivity contribution >= 4 is 125 Å². The molecule has 3 aromatic carbocycles. The average Bonchev–Trinajstić information content (AvgIpc) is 1.64. The number of nitrogens with zero attached hydrogens (tertiary/aromatic N) is 2. The number of hydrogen-bond donors (Lipinski definition) is 21. The Morgan fingerprint density at radius 1 is 0.565 bits per heavy atom. The summed E-state index contributed by atoms with van der Waals surface area (Å²) in [5.41, 5.74) is 9.04. The van der Waals surface area contributed by atoms with Gasteiger partial charge in [-0.05, 0) is 67.7 Å². The van der Waals surface area contributed by atoms with Gasteiger partial charge in [0.1, 0.15) is 66.5 Å². The van der Waals surface area contributed by atoms with Crippen molar-refractivity contribution in [1.29, 1.82) is 0 Å². The van der Waals surface area contributed by atoms with E-state index in [2.05, 4.69) is 98.7 Å². The molecule has 0 saturated carbocycles. The van der Waals surface area contributed by atoms with E-state index in [0.717, 1.165) is 17.8 Å². The minimum absolute atomic E-state index is 0.0231. The number of nitrogens with two attached hydrogens (primary N) is 1. The number of thiol groups is 2. The number of fused-ring (bicyclic) bond motifs is 1. The Balaban J connectivity index is 1.07. The molecule has 6 rings (SSSR count). The average molecular weight is 1540 g/mol. The number of carbonyl (C=O) groups excluding carboxylic acids is 12. The lowest BCUT2D eigenvalue weighted by atomic mass is 10.0. The van der Waals surface area contributed by atoms with E-state index in [1.54, 1.807) is 98.9 Å². The zero-order chi connectivity index (χ0) is 79.3. The van der Waals surface area contributed by atoms with Gasteiger partial charge >= 0.3 is 17.9 Å². The smallest absolute Gasteiger partial charge is 0.326 e. The van der Waals surface area contributed by atoms with Crippen molar-refractivity contribution in [3.63, 3.8) is 0 Å². The number of aliphatic carboxylic acids is 3. The second kappa shape index (κ2) is 42.4. The lowest BCUT2D eigenvalue weighted by Gasteiger charge is -2.30. The summed E-state index contributed by atoms with van der Waals surface area (Å²) in [4.78, 5) is 214. The molecular formula is C70H92N16O20S2. The van der Waals surface area contributed by atoms with Crippen molar-refractivity contribution in [3.05, 3.63) is 126 Å². The number of imidazole rings is 1. The van der Waals surface area contributed by atoms with Crippen LogP contribution in [0.25, 0.3) is 10.9 Å². The van der Waals surface area contributed by atoms with E-state index < -0.39 is 211 Å². The number of H-pyrrole nitrogens is 2. The zero-order valence-corrected chi connectivity index (χ0v) is 61.0. The summed E-state index contributed by atoms with van der Waals surface area (Å²) in [5, 5.41) is 77.5. The Hall–Kier alpha value is -11.0. The van der Waals surface area contributed by atoms with Crippen LogP contribution < -0.4 is 64.2 Å². The van der Waals surface area contributed by atoms with E-state index in [1.165, 1.54) is 17.4 Å². The molecule has 20 N–H and O–H groups in total. The summed E-state index contributed by atoms with van der Waals surface area (Å²) in [5.74, 6) is -17.8. The Kier molecular flexibility index (Phi) is 33.7. The molecule has 0 bridgehead atoms. The molecule has 1 saturated heterocycles. The predicted octanol–water partition coefficient (Wildman–Crippen LogP) is -3.85. The van der Waals surface area contributed by atoms with Gasteiger partial charge in [0.15, 0.2) is 0 Å². The molecule has 584 valence electrons. The molecule has 0 aliphatic carbocycles. The van der Waals surface area contributed by atoms with Crippen LogP contribution in [0.15, 0.2) is 104 Å². The van der Waals surface area contributed by atoms with Gasteiger partial charge in [0.2, 0.25) is 70.9 Å². The number of carboxylic acids is 3. The lowest BCUT2D eigenvalue weighted by molar-refractivity contribution is -0.145. The molecule has 0 radical (unpaired) electrons. The third kappa shape index (κ3) is 26.5. The van der Waals surface area contributed by atoms with Crippen LogP contribution in [0.1, 0.15) is 81.7 Å². The minimum Gasteiger partial charge on any atom is -0.481 e. The Morgan fingerprint density at radius 3 is 1.64 bits per heavy atom. The number of aliphatic hydroxyl groups excluding tert-OH is 2. The number of carboxylic acid groups (broad SMARTS) is 3. The summed E-state index contributed by atoms with van der Waals surface area (Å²) in [6.07, 6.45) is 0.176. The van der Waals surface area contributed by atoms with Crippen LogP contribution in [0.4, 0.5) is 0 Å². The van der Waals surface area contributed by atoms with Gasteiger partial charge in [-0.2, -0.15) is 25.3 Å². The van der Waals surface area contributed by atoms with Gasteiger partial charge in [-0.25, -0.2) is 9.78 Å². The van der Waals surface area contributed by atoms with Crippen molar-refractivity contribution in [3.8, 4) is 0 Å². The second-order valence-electron chi connectivity index (χ2n) is 26.1. The second-order valence-corrected chi connectivity index (χ2v) is 26.9. The maximum absolute atomic E-state index is 14.5. The standard InChI is InChI=1S/C70H92N16O20S2/c1-36(2)23-49(69(104)86-22-12-19-54(86)67(102)81-50(70(105)106)25-39-15-8-5-9-16-39)76-55(89)31-74-68(103)58(37(3)88)85-66(101)53(34-108)84-64(99)51(32-87)82-65(100)52(33-107)83-60(95)45(20-21-56(90)91)77-61(96)46(24-38-13-6-4-7-14-38)79-62(97)47(27-41-30-72-35-75-41)80-63(98)48(28-57(92)93)78-59(94)43(71)26-40-29-73-44-18-11-10-17-42(40)44/h4-11,13-18,29-30,35-37,43,45-54,58,73,87-88,107-108H,12,19-28,31-34,71H2,1-3H3,(H,72,75)(H,74,103)(H,76,89)(H,77,96)(H,78,94)(H,79,97)(H,80,98)(H,81,102)(H,82,100)(H,83,95)(H,84,99)(H,85,101)(H,90,91)(H,92,93)(H,105,106)/t37-,43+,45+,46+,47+,48+,49+,50+,51+,52+,53+,54+,58+/m1/s1. The van der Waals surface area contributed by atoms with Crippen LogP contribution >= 0.6 is 25.3 Å². The van der Waals surface area contributed by atoms with E-state index in [9.17, 15) is 97.5 Å². The zero-order valence-electron chi connectivity index (χ0n) is 59.2. The number of para-hydroxylation sites is 1. The fraction of sp³-hybridized carbons (Fsp3) is 0.457. The van der Waals surface area contributed by atoms with Gasteiger partial charge in [0.05, 0.1) is 38.0 Å². The molecule has 3 heterocycles. The molecular weight excluding hydrogens is 1450 g/mol. The van der Waals surface area contributed by atoms with Crippen LogP contribution in [0, 0.1) is 5.92 Å². The van der Waals surface area contributed by atoms with Crippen LogP contribution in [0.3, 0.4) is 0 Å². The highest BCUT2D eigenvalue weighted by Crippen LogP contribution is 2.23. The van der Waals surface area contributed by atoms with E-state index in [0.29, 0.717) is 23.1 Å². The highest BCUT2D eigenvalue weighted by atomic mass is 32.1. The van der Waals surface area contributed by atoms with Crippen LogP contribution in [0.5, 0.6) is 0 Å².